The van der Waals surface area contributed by atoms with Crippen LogP contribution in [0.25, 0.3) is 0 Å². The van der Waals surface area contributed by atoms with Crippen molar-refractivity contribution in [1.29, 1.82) is 0 Å². The Bertz CT molecular complexity index is 1050. The van der Waals surface area contributed by atoms with Crippen LogP contribution < -0.4 is 10.6 Å². The maximum absolute atomic E-state index is 12.7. The first-order chi connectivity index (χ1) is 15.0. The molecule has 0 bridgehead atoms. The second kappa shape index (κ2) is 9.30. The minimum Gasteiger partial charge on any atom is -0.349 e. The number of likely N-dealkylation sites (tertiary alicyclic amines) is 1. The Morgan fingerprint density at radius 3 is 2.61 bits per heavy atom. The summed E-state index contributed by atoms with van der Waals surface area (Å²) in [7, 11) is 1.78. The number of thiazole rings is 1. The Morgan fingerprint density at radius 2 is 1.94 bits per heavy atom. The Balaban J connectivity index is 1.27. The number of piperidine rings is 1. The number of amides is 3. The summed E-state index contributed by atoms with van der Waals surface area (Å²) in [5.74, 6) is -0.125. The van der Waals surface area contributed by atoms with Gasteiger partial charge >= 0.3 is 6.03 Å². The van der Waals surface area contributed by atoms with Crippen molar-refractivity contribution >= 4 is 28.4 Å². The first-order valence-corrected chi connectivity index (χ1v) is 11.2. The van der Waals surface area contributed by atoms with Gasteiger partial charge in [-0.2, -0.15) is 5.10 Å². The average Bonchev–Trinajstić information content (AvgIpc) is 3.34. The van der Waals surface area contributed by atoms with E-state index in [4.69, 9.17) is 0 Å². The monoisotopic (exact) mass is 438 g/mol. The number of nitrogens with zero attached hydrogens (tertiary/aromatic N) is 4. The molecule has 2 aromatic heterocycles. The molecule has 4 rings (SSSR count). The highest BCUT2D eigenvalue weighted by Gasteiger charge is 2.25. The van der Waals surface area contributed by atoms with Gasteiger partial charge in [0.1, 0.15) is 0 Å². The number of rotatable bonds is 5. The van der Waals surface area contributed by atoms with Gasteiger partial charge in [-0.1, -0.05) is 30.3 Å². The van der Waals surface area contributed by atoms with Gasteiger partial charge in [0.15, 0.2) is 5.13 Å². The number of hydrogen-bond acceptors (Lipinski definition) is 5. The second-order valence-corrected chi connectivity index (χ2v) is 8.84. The largest absolute Gasteiger partial charge is 0.349 e. The summed E-state index contributed by atoms with van der Waals surface area (Å²) in [4.78, 5) is 32.4. The number of carbonyl (C=O) groups is 2. The average molecular weight is 439 g/mol. The highest BCUT2D eigenvalue weighted by Crippen LogP contribution is 2.26. The Kier molecular flexibility index (Phi) is 6.31. The Morgan fingerprint density at radius 1 is 1.19 bits per heavy atom. The summed E-state index contributed by atoms with van der Waals surface area (Å²) in [6, 6.07) is 10.1. The van der Waals surface area contributed by atoms with Crippen molar-refractivity contribution in [2.75, 3.05) is 18.4 Å². The molecule has 31 heavy (non-hydrogen) atoms. The number of carbonyl (C=O) groups excluding carboxylic acids is 2. The molecule has 1 aliphatic heterocycles. The lowest BCUT2D eigenvalue weighted by atomic mass is 10.1. The summed E-state index contributed by atoms with van der Waals surface area (Å²) in [6.45, 7) is 3.15. The summed E-state index contributed by atoms with van der Waals surface area (Å²) < 4.78 is 1.60. The number of urea groups is 1. The molecule has 8 nitrogen and oxygen atoms in total. The van der Waals surface area contributed by atoms with E-state index in [1.807, 2.05) is 25.1 Å². The van der Waals surface area contributed by atoms with Gasteiger partial charge in [-0.15, -0.1) is 11.3 Å². The molecule has 1 aromatic carbocycles. The third-order valence-electron chi connectivity index (χ3n) is 5.40. The van der Waals surface area contributed by atoms with Crippen molar-refractivity contribution in [1.82, 2.24) is 25.0 Å². The molecule has 2 N–H and O–H groups in total. The molecular formula is C22H26N6O2S. The van der Waals surface area contributed by atoms with Crippen LogP contribution in [0.1, 0.15) is 39.3 Å². The van der Waals surface area contributed by atoms with Crippen molar-refractivity contribution in [2.24, 2.45) is 7.05 Å². The van der Waals surface area contributed by atoms with E-state index in [-0.39, 0.29) is 18.0 Å². The van der Waals surface area contributed by atoms with Gasteiger partial charge < -0.3 is 10.2 Å². The van der Waals surface area contributed by atoms with Crippen molar-refractivity contribution in [3.05, 3.63) is 64.4 Å². The lowest BCUT2D eigenvalue weighted by molar-refractivity contribution is 0.0919. The molecule has 1 fully saturated rings. The van der Waals surface area contributed by atoms with Crippen molar-refractivity contribution in [3.63, 3.8) is 0 Å². The molecule has 0 radical (unpaired) electrons. The zero-order valence-corrected chi connectivity index (χ0v) is 18.5. The highest BCUT2D eigenvalue weighted by molar-refractivity contribution is 7.15. The van der Waals surface area contributed by atoms with Gasteiger partial charge in [-0.25, -0.2) is 9.78 Å². The topological polar surface area (TPSA) is 92.2 Å². The van der Waals surface area contributed by atoms with Gasteiger partial charge in [0.25, 0.3) is 5.91 Å². The molecule has 0 atom stereocenters. The van der Waals surface area contributed by atoms with Crippen molar-refractivity contribution < 1.29 is 9.59 Å². The SMILES string of the molecule is Cc1nc(NC(=O)N2CCC(NC(=O)c3cnn(C)c3)CC2)sc1Cc1ccccc1. The molecule has 3 heterocycles. The molecule has 0 unspecified atom stereocenters. The third-order valence-corrected chi connectivity index (χ3v) is 6.47. The molecule has 3 amide bonds. The van der Waals surface area contributed by atoms with Crippen LogP contribution in [0.3, 0.4) is 0 Å². The number of hydrogen-bond donors (Lipinski definition) is 2. The van der Waals surface area contributed by atoms with Crippen LogP contribution in [-0.2, 0) is 13.5 Å². The standard InChI is InChI=1S/C22H26N6O2S/c1-15-19(12-16-6-4-3-5-7-16)31-21(24-15)26-22(30)28-10-8-18(9-11-28)25-20(29)17-13-23-27(2)14-17/h3-7,13-14,18H,8-12H2,1-2H3,(H,25,29)(H,24,26,30). The van der Waals surface area contributed by atoms with Gasteiger partial charge in [-0.3, -0.25) is 14.8 Å². The van der Waals surface area contributed by atoms with Crippen LogP contribution in [0.15, 0.2) is 42.7 Å². The quantitative estimate of drug-likeness (QED) is 0.640. The molecule has 9 heteroatoms. The van der Waals surface area contributed by atoms with E-state index in [9.17, 15) is 9.59 Å². The van der Waals surface area contributed by atoms with Crippen LogP contribution in [0.2, 0.25) is 0 Å². The van der Waals surface area contributed by atoms with Crippen LogP contribution >= 0.6 is 11.3 Å². The third kappa shape index (κ3) is 5.29. The fourth-order valence-corrected chi connectivity index (χ4v) is 4.62. The summed E-state index contributed by atoms with van der Waals surface area (Å²) in [5.41, 5.74) is 2.72. The maximum Gasteiger partial charge on any atom is 0.323 e. The van der Waals surface area contributed by atoms with Crippen LogP contribution in [0.4, 0.5) is 9.93 Å². The van der Waals surface area contributed by atoms with Gasteiger partial charge in [-0.05, 0) is 25.3 Å². The molecule has 1 aliphatic rings. The van der Waals surface area contributed by atoms with Crippen molar-refractivity contribution in [2.45, 2.75) is 32.2 Å². The Hall–Kier alpha value is -3.20. The molecule has 1 saturated heterocycles. The van der Waals surface area contributed by atoms with E-state index in [0.717, 1.165) is 29.8 Å². The minimum atomic E-state index is -0.142. The lowest BCUT2D eigenvalue weighted by Gasteiger charge is -2.32. The number of aromatic nitrogens is 3. The number of aryl methyl sites for hydroxylation is 2. The zero-order valence-electron chi connectivity index (χ0n) is 17.7. The predicted octanol–water partition coefficient (Wildman–Crippen LogP) is 3.20. The fourth-order valence-electron chi connectivity index (χ4n) is 3.63. The molecule has 162 valence electrons. The number of anilines is 1. The molecule has 0 aliphatic carbocycles. The van der Waals surface area contributed by atoms with Crippen LogP contribution in [0, 0.1) is 6.92 Å². The fraction of sp³-hybridized carbons (Fsp3) is 0.364. The Labute approximate surface area is 185 Å². The minimum absolute atomic E-state index is 0.0522. The first kappa shape index (κ1) is 21.0. The highest BCUT2D eigenvalue weighted by atomic mass is 32.1. The van der Waals surface area contributed by atoms with E-state index in [2.05, 4.69) is 32.8 Å². The lowest BCUT2D eigenvalue weighted by Crippen LogP contribution is -2.47. The molecular weight excluding hydrogens is 412 g/mol. The van der Waals surface area contributed by atoms with Crippen molar-refractivity contribution in [3.8, 4) is 0 Å². The zero-order chi connectivity index (χ0) is 21.8. The van der Waals surface area contributed by atoms with E-state index in [0.29, 0.717) is 23.8 Å². The van der Waals surface area contributed by atoms with Gasteiger partial charge in [0.2, 0.25) is 0 Å². The molecule has 3 aromatic rings. The summed E-state index contributed by atoms with van der Waals surface area (Å²) in [6.07, 6.45) is 5.49. The number of benzene rings is 1. The van der Waals surface area contributed by atoms with E-state index in [1.54, 1.807) is 29.0 Å². The van der Waals surface area contributed by atoms with Gasteiger partial charge in [0.05, 0.1) is 17.5 Å². The smallest absolute Gasteiger partial charge is 0.323 e. The van der Waals surface area contributed by atoms with E-state index >= 15 is 0 Å². The maximum atomic E-state index is 12.7. The predicted molar refractivity (Wildman–Crippen MR) is 120 cm³/mol. The second-order valence-electron chi connectivity index (χ2n) is 7.76. The first-order valence-electron chi connectivity index (χ1n) is 10.3. The van der Waals surface area contributed by atoms with Crippen LogP contribution in [-0.4, -0.2) is 50.7 Å². The normalized spacial score (nSPS) is 14.5. The molecule has 0 spiro atoms. The van der Waals surface area contributed by atoms with Crippen LogP contribution in [0.5, 0.6) is 0 Å². The summed E-state index contributed by atoms with van der Waals surface area (Å²) >= 11 is 1.52. The number of nitrogens with one attached hydrogen (secondary N) is 2. The van der Waals surface area contributed by atoms with E-state index in [1.165, 1.54) is 16.9 Å². The van der Waals surface area contributed by atoms with E-state index < -0.39 is 0 Å². The summed E-state index contributed by atoms with van der Waals surface area (Å²) in [5, 5.41) is 10.6. The van der Waals surface area contributed by atoms with Gasteiger partial charge in [0, 0.05) is 43.7 Å². The molecule has 0 saturated carbocycles.